The lowest BCUT2D eigenvalue weighted by molar-refractivity contribution is -0.149. The second-order valence-electron chi connectivity index (χ2n) is 4.28. The van der Waals surface area contributed by atoms with E-state index in [9.17, 15) is 14.4 Å². The molecule has 0 saturated carbocycles. The van der Waals surface area contributed by atoms with Gasteiger partial charge in [0.2, 0.25) is 0 Å². The molecule has 0 aliphatic heterocycles. The van der Waals surface area contributed by atoms with Crippen LogP contribution in [0.4, 0.5) is 4.79 Å². The molecule has 0 aromatic rings. The van der Waals surface area contributed by atoms with Gasteiger partial charge in [0.1, 0.15) is 19.3 Å². The van der Waals surface area contributed by atoms with E-state index in [0.717, 1.165) is 0 Å². The van der Waals surface area contributed by atoms with Crippen LogP contribution in [0.1, 0.15) is 13.8 Å². The quantitative estimate of drug-likeness (QED) is 0.352. The lowest BCUT2D eigenvalue weighted by atomic mass is 10.4. The predicted octanol–water partition coefficient (Wildman–Crippen LogP) is -0.0170. The van der Waals surface area contributed by atoms with Gasteiger partial charge >= 0.3 is 18.0 Å². The molecule has 1 atom stereocenters. The van der Waals surface area contributed by atoms with Crippen LogP contribution in [0, 0.1) is 0 Å². The number of carbonyl (C=O) groups excluding carboxylic acids is 3. The molecule has 8 nitrogen and oxygen atoms in total. The van der Waals surface area contributed by atoms with E-state index >= 15 is 0 Å². The van der Waals surface area contributed by atoms with Gasteiger partial charge < -0.3 is 24.8 Å². The molecule has 0 spiro atoms. The van der Waals surface area contributed by atoms with Crippen LogP contribution < -0.4 is 10.6 Å². The number of rotatable bonds is 9. The van der Waals surface area contributed by atoms with Crippen LogP contribution in [-0.4, -0.2) is 57.5 Å². The Morgan fingerprint density at radius 3 is 2.48 bits per heavy atom. The highest BCUT2D eigenvalue weighted by atomic mass is 16.6. The fraction of sp³-hybridized carbons (Fsp3) is 0.615. The Morgan fingerprint density at radius 2 is 1.90 bits per heavy atom. The lowest BCUT2D eigenvalue weighted by Gasteiger charge is -2.12. The molecular weight excluding hydrogens is 280 g/mol. The Balaban J connectivity index is 3.69. The number of ether oxygens (including phenoxy) is 3. The number of methoxy groups -OCH3 is 1. The van der Waals surface area contributed by atoms with Gasteiger partial charge in [0, 0.05) is 12.7 Å². The first-order valence-electron chi connectivity index (χ1n) is 6.39. The summed E-state index contributed by atoms with van der Waals surface area (Å²) in [7, 11) is 1.50. The number of esters is 2. The summed E-state index contributed by atoms with van der Waals surface area (Å²) in [5.41, 5.74) is 0.285. The SMILES string of the molecule is C=C(C)C(=O)OCCNC(=O)NCC(=O)OC(C)COC. The molecule has 21 heavy (non-hydrogen) atoms. The van der Waals surface area contributed by atoms with E-state index in [1.165, 1.54) is 14.0 Å². The zero-order chi connectivity index (χ0) is 16.3. The summed E-state index contributed by atoms with van der Waals surface area (Å²) in [5.74, 6) is -1.09. The molecule has 0 bridgehead atoms. The maximum atomic E-state index is 11.3. The zero-order valence-corrected chi connectivity index (χ0v) is 12.6. The van der Waals surface area contributed by atoms with Gasteiger partial charge in [-0.1, -0.05) is 6.58 Å². The van der Waals surface area contributed by atoms with E-state index < -0.39 is 18.0 Å². The lowest BCUT2D eigenvalue weighted by Crippen LogP contribution is -2.41. The van der Waals surface area contributed by atoms with Gasteiger partial charge in [-0.15, -0.1) is 0 Å². The molecule has 0 saturated heterocycles. The molecule has 0 heterocycles. The molecule has 0 aromatic carbocycles. The average Bonchev–Trinajstić information content (AvgIpc) is 2.41. The van der Waals surface area contributed by atoms with Crippen molar-refractivity contribution < 1.29 is 28.6 Å². The van der Waals surface area contributed by atoms with Crippen LogP contribution in [-0.2, 0) is 23.8 Å². The van der Waals surface area contributed by atoms with Crippen molar-refractivity contribution in [3.63, 3.8) is 0 Å². The Hall–Kier alpha value is -2.09. The van der Waals surface area contributed by atoms with E-state index in [-0.39, 0.29) is 38.0 Å². The molecule has 1 unspecified atom stereocenters. The molecule has 0 aliphatic carbocycles. The number of hydrogen-bond donors (Lipinski definition) is 2. The first kappa shape index (κ1) is 18.9. The minimum Gasteiger partial charge on any atom is -0.460 e. The summed E-state index contributed by atoms with van der Waals surface area (Å²) in [4.78, 5) is 33.7. The summed E-state index contributed by atoms with van der Waals surface area (Å²) in [5, 5.41) is 4.74. The standard InChI is InChI=1S/C13H22N2O6/c1-9(2)12(17)20-6-5-14-13(18)15-7-11(16)21-10(3)8-19-4/h10H,1,5-8H2,2-4H3,(H2,14,15,18). The smallest absolute Gasteiger partial charge is 0.333 e. The van der Waals surface area contributed by atoms with Gasteiger partial charge in [-0.3, -0.25) is 4.79 Å². The highest BCUT2D eigenvalue weighted by molar-refractivity contribution is 5.87. The number of nitrogens with one attached hydrogen (secondary N) is 2. The normalized spacial score (nSPS) is 11.2. The number of hydrogen-bond acceptors (Lipinski definition) is 6. The highest BCUT2D eigenvalue weighted by Crippen LogP contribution is 1.92. The van der Waals surface area contributed by atoms with E-state index in [1.807, 2.05) is 0 Å². The minimum atomic E-state index is -0.566. The molecule has 0 aliphatic rings. The van der Waals surface area contributed by atoms with Gasteiger partial charge in [-0.05, 0) is 13.8 Å². The van der Waals surface area contributed by atoms with Gasteiger partial charge in [-0.25, -0.2) is 9.59 Å². The monoisotopic (exact) mass is 302 g/mol. The van der Waals surface area contributed by atoms with Crippen molar-refractivity contribution in [2.75, 3.05) is 33.4 Å². The van der Waals surface area contributed by atoms with Crippen LogP contribution in [0.2, 0.25) is 0 Å². The molecule has 120 valence electrons. The van der Waals surface area contributed by atoms with E-state index in [4.69, 9.17) is 14.2 Å². The van der Waals surface area contributed by atoms with Crippen molar-refractivity contribution in [3.05, 3.63) is 12.2 Å². The minimum absolute atomic E-state index is 0.0223. The van der Waals surface area contributed by atoms with Crippen molar-refractivity contribution >= 4 is 18.0 Å². The van der Waals surface area contributed by atoms with Gasteiger partial charge in [0.05, 0.1) is 13.2 Å². The molecular formula is C13H22N2O6. The average molecular weight is 302 g/mol. The summed E-state index contributed by atoms with van der Waals surface area (Å²) in [6.07, 6.45) is -0.381. The van der Waals surface area contributed by atoms with Gasteiger partial charge in [0.15, 0.2) is 0 Å². The Kier molecular flexibility index (Phi) is 9.61. The Morgan fingerprint density at radius 1 is 1.24 bits per heavy atom. The topological polar surface area (TPSA) is 103 Å². The summed E-state index contributed by atoms with van der Waals surface area (Å²) >= 11 is 0. The fourth-order valence-corrected chi connectivity index (χ4v) is 1.18. The van der Waals surface area contributed by atoms with Crippen molar-refractivity contribution in [1.29, 1.82) is 0 Å². The third kappa shape index (κ3) is 10.4. The predicted molar refractivity (Wildman–Crippen MR) is 74.6 cm³/mol. The van der Waals surface area contributed by atoms with Crippen LogP contribution in [0.3, 0.4) is 0 Å². The van der Waals surface area contributed by atoms with Crippen LogP contribution in [0.15, 0.2) is 12.2 Å². The first-order chi connectivity index (χ1) is 9.86. The Bertz CT molecular complexity index is 383. The van der Waals surface area contributed by atoms with Crippen molar-refractivity contribution in [2.24, 2.45) is 0 Å². The molecule has 8 heteroatoms. The van der Waals surface area contributed by atoms with Crippen molar-refractivity contribution in [1.82, 2.24) is 10.6 Å². The van der Waals surface area contributed by atoms with Crippen molar-refractivity contribution in [2.45, 2.75) is 20.0 Å². The molecule has 0 fully saturated rings. The molecule has 2 amide bonds. The van der Waals surface area contributed by atoms with Crippen LogP contribution in [0.5, 0.6) is 0 Å². The maximum Gasteiger partial charge on any atom is 0.333 e. The third-order valence-electron chi connectivity index (χ3n) is 2.10. The number of carbonyl (C=O) groups is 3. The zero-order valence-electron chi connectivity index (χ0n) is 12.6. The molecule has 2 N–H and O–H groups in total. The van der Waals surface area contributed by atoms with Crippen LogP contribution in [0.25, 0.3) is 0 Å². The maximum absolute atomic E-state index is 11.3. The second-order valence-corrected chi connectivity index (χ2v) is 4.28. The van der Waals surface area contributed by atoms with E-state index in [1.54, 1.807) is 6.92 Å². The number of amides is 2. The van der Waals surface area contributed by atoms with Gasteiger partial charge in [0.25, 0.3) is 0 Å². The van der Waals surface area contributed by atoms with Crippen LogP contribution >= 0.6 is 0 Å². The molecule has 0 rings (SSSR count). The number of urea groups is 1. The molecule has 0 radical (unpaired) electrons. The summed E-state index contributed by atoms with van der Waals surface area (Å²) in [6.45, 7) is 6.80. The fourth-order valence-electron chi connectivity index (χ4n) is 1.18. The van der Waals surface area contributed by atoms with E-state index in [2.05, 4.69) is 17.2 Å². The third-order valence-corrected chi connectivity index (χ3v) is 2.10. The van der Waals surface area contributed by atoms with E-state index in [0.29, 0.717) is 0 Å². The Labute approximate surface area is 123 Å². The summed E-state index contributed by atoms with van der Waals surface area (Å²) in [6, 6.07) is -0.558. The highest BCUT2D eigenvalue weighted by Gasteiger charge is 2.10. The first-order valence-corrected chi connectivity index (χ1v) is 6.39. The molecule has 0 aromatic heterocycles. The summed E-state index contributed by atoms with van der Waals surface area (Å²) < 4.78 is 14.5. The van der Waals surface area contributed by atoms with Crippen molar-refractivity contribution in [3.8, 4) is 0 Å². The second kappa shape index (κ2) is 10.7. The van der Waals surface area contributed by atoms with Gasteiger partial charge in [-0.2, -0.15) is 0 Å². The largest absolute Gasteiger partial charge is 0.460 e.